The highest BCUT2D eigenvalue weighted by molar-refractivity contribution is 9.10. The highest BCUT2D eigenvalue weighted by atomic mass is 79.9. The molecule has 0 atom stereocenters. The Kier molecular flexibility index (Phi) is 5.93. The van der Waals surface area contributed by atoms with E-state index in [1.165, 1.54) is 12.1 Å². The van der Waals surface area contributed by atoms with Gasteiger partial charge in [-0.25, -0.2) is 14.4 Å². The van der Waals surface area contributed by atoms with Crippen LogP contribution in [0.4, 0.5) is 10.3 Å². The average Bonchev–Trinajstić information content (AvgIpc) is 2.62. The summed E-state index contributed by atoms with van der Waals surface area (Å²) in [4.78, 5) is 25.0. The molecule has 0 unspecified atom stereocenters. The third-order valence-corrected chi connectivity index (χ3v) is 4.50. The molecule has 6 nitrogen and oxygen atoms in total. The Morgan fingerprint density at radius 1 is 1.16 bits per heavy atom. The van der Waals surface area contributed by atoms with E-state index in [0.29, 0.717) is 16.6 Å². The smallest absolute Gasteiger partial charge is 0.251 e. The molecule has 1 amide bonds. The highest BCUT2D eigenvalue weighted by Crippen LogP contribution is 2.15. The SMILES string of the molecule is O=C(NCCN1CCN(c2ncccn2)CC1)c1cc(F)cc(Br)c1. The Labute approximate surface area is 154 Å². The van der Waals surface area contributed by atoms with Crippen molar-refractivity contribution in [1.29, 1.82) is 0 Å². The predicted molar refractivity (Wildman–Crippen MR) is 97.1 cm³/mol. The van der Waals surface area contributed by atoms with Crippen LogP contribution >= 0.6 is 15.9 Å². The Hall–Kier alpha value is -2.06. The van der Waals surface area contributed by atoms with Gasteiger partial charge in [-0.15, -0.1) is 0 Å². The number of nitrogens with zero attached hydrogens (tertiary/aromatic N) is 4. The molecule has 1 aliphatic rings. The molecule has 1 aromatic heterocycles. The molecule has 1 saturated heterocycles. The van der Waals surface area contributed by atoms with E-state index in [-0.39, 0.29) is 5.91 Å². The molecule has 1 N–H and O–H groups in total. The minimum Gasteiger partial charge on any atom is -0.351 e. The molecule has 1 fully saturated rings. The summed E-state index contributed by atoms with van der Waals surface area (Å²) in [6.45, 7) is 4.77. The molecule has 2 heterocycles. The van der Waals surface area contributed by atoms with Gasteiger partial charge >= 0.3 is 0 Å². The third-order valence-electron chi connectivity index (χ3n) is 4.05. The van der Waals surface area contributed by atoms with Crippen molar-refractivity contribution in [1.82, 2.24) is 20.2 Å². The maximum atomic E-state index is 13.3. The van der Waals surface area contributed by atoms with E-state index in [9.17, 15) is 9.18 Å². The summed E-state index contributed by atoms with van der Waals surface area (Å²) in [5, 5.41) is 2.84. The molecule has 0 spiro atoms. The number of carbonyl (C=O) groups excluding carboxylic acids is 1. The van der Waals surface area contributed by atoms with Crippen LogP contribution in [0.1, 0.15) is 10.4 Å². The van der Waals surface area contributed by atoms with Crippen LogP contribution in [0.15, 0.2) is 41.1 Å². The van der Waals surface area contributed by atoms with Crippen LogP contribution in [-0.4, -0.2) is 60.0 Å². The number of rotatable bonds is 5. The first-order valence-electron chi connectivity index (χ1n) is 8.10. The van der Waals surface area contributed by atoms with E-state index in [2.05, 4.69) is 41.0 Å². The van der Waals surface area contributed by atoms with Gasteiger partial charge in [-0.2, -0.15) is 0 Å². The molecule has 3 rings (SSSR count). The number of amides is 1. The molecular formula is C17H19BrFN5O. The molecule has 1 aliphatic heterocycles. The second kappa shape index (κ2) is 8.35. The summed E-state index contributed by atoms with van der Waals surface area (Å²) in [6.07, 6.45) is 3.49. The fraction of sp³-hybridized carbons (Fsp3) is 0.353. The second-order valence-corrected chi connectivity index (χ2v) is 6.71. The monoisotopic (exact) mass is 407 g/mol. The number of halogens is 2. The van der Waals surface area contributed by atoms with E-state index in [1.54, 1.807) is 24.5 Å². The van der Waals surface area contributed by atoms with Crippen molar-refractivity contribution >= 4 is 27.8 Å². The van der Waals surface area contributed by atoms with Gasteiger partial charge in [0.2, 0.25) is 5.95 Å². The van der Waals surface area contributed by atoms with Crippen LogP contribution in [0.5, 0.6) is 0 Å². The second-order valence-electron chi connectivity index (χ2n) is 5.79. The highest BCUT2D eigenvalue weighted by Gasteiger charge is 2.18. The van der Waals surface area contributed by atoms with Gasteiger partial charge in [0.15, 0.2) is 0 Å². The van der Waals surface area contributed by atoms with Crippen LogP contribution in [0.2, 0.25) is 0 Å². The summed E-state index contributed by atoms with van der Waals surface area (Å²) in [6, 6.07) is 5.97. The molecule has 0 bridgehead atoms. The van der Waals surface area contributed by atoms with Gasteiger partial charge in [-0.05, 0) is 24.3 Å². The quantitative estimate of drug-likeness (QED) is 0.820. The lowest BCUT2D eigenvalue weighted by Gasteiger charge is -2.34. The van der Waals surface area contributed by atoms with Gasteiger partial charge in [0.05, 0.1) is 0 Å². The molecular weight excluding hydrogens is 389 g/mol. The average molecular weight is 408 g/mol. The van der Waals surface area contributed by atoms with Crippen LogP contribution in [0.3, 0.4) is 0 Å². The Morgan fingerprint density at radius 2 is 1.88 bits per heavy atom. The van der Waals surface area contributed by atoms with Gasteiger partial charge in [0.25, 0.3) is 5.91 Å². The zero-order valence-electron chi connectivity index (χ0n) is 13.7. The summed E-state index contributed by atoms with van der Waals surface area (Å²) in [5.41, 5.74) is 0.318. The zero-order chi connectivity index (χ0) is 17.6. The maximum absolute atomic E-state index is 13.3. The van der Waals surface area contributed by atoms with Crippen molar-refractivity contribution in [2.45, 2.75) is 0 Å². The summed E-state index contributed by atoms with van der Waals surface area (Å²) < 4.78 is 13.9. The van der Waals surface area contributed by atoms with Gasteiger partial charge in [-0.1, -0.05) is 15.9 Å². The first-order chi connectivity index (χ1) is 12.1. The summed E-state index contributed by atoms with van der Waals surface area (Å²) >= 11 is 3.19. The standard InChI is InChI=1S/C17H19BrFN5O/c18-14-10-13(11-15(19)12-14)16(25)20-4-5-23-6-8-24(9-7-23)17-21-2-1-3-22-17/h1-3,10-12H,4-9H2,(H,20,25). The van der Waals surface area contributed by atoms with E-state index in [0.717, 1.165) is 38.7 Å². The fourth-order valence-electron chi connectivity index (χ4n) is 2.74. The molecule has 0 aliphatic carbocycles. The Morgan fingerprint density at radius 3 is 2.56 bits per heavy atom. The van der Waals surface area contributed by atoms with E-state index in [4.69, 9.17) is 0 Å². The van der Waals surface area contributed by atoms with Gasteiger partial charge in [0, 0.05) is 61.7 Å². The van der Waals surface area contributed by atoms with Crippen molar-refractivity contribution in [2.75, 3.05) is 44.2 Å². The topological polar surface area (TPSA) is 61.4 Å². The zero-order valence-corrected chi connectivity index (χ0v) is 15.2. The first-order valence-corrected chi connectivity index (χ1v) is 8.90. The number of anilines is 1. The minimum absolute atomic E-state index is 0.267. The number of aromatic nitrogens is 2. The normalized spacial score (nSPS) is 15.2. The molecule has 132 valence electrons. The number of hydrogen-bond donors (Lipinski definition) is 1. The predicted octanol–water partition coefficient (Wildman–Crippen LogP) is 1.93. The van der Waals surface area contributed by atoms with Crippen LogP contribution in [-0.2, 0) is 0 Å². The number of benzene rings is 1. The van der Waals surface area contributed by atoms with Gasteiger partial charge in [-0.3, -0.25) is 9.69 Å². The molecule has 0 saturated carbocycles. The lowest BCUT2D eigenvalue weighted by molar-refractivity contribution is 0.0947. The molecule has 8 heteroatoms. The number of nitrogens with one attached hydrogen (secondary N) is 1. The van der Waals surface area contributed by atoms with Crippen LogP contribution < -0.4 is 10.2 Å². The number of carbonyl (C=O) groups is 1. The Bertz CT molecular complexity index is 702. The number of hydrogen-bond acceptors (Lipinski definition) is 5. The van der Waals surface area contributed by atoms with Crippen molar-refractivity contribution < 1.29 is 9.18 Å². The van der Waals surface area contributed by atoms with Gasteiger partial charge in [0.1, 0.15) is 5.82 Å². The van der Waals surface area contributed by atoms with Crippen LogP contribution in [0, 0.1) is 5.82 Å². The first kappa shape index (κ1) is 17.8. The Balaban J connectivity index is 1.42. The van der Waals surface area contributed by atoms with E-state index in [1.807, 2.05) is 0 Å². The van der Waals surface area contributed by atoms with E-state index >= 15 is 0 Å². The van der Waals surface area contributed by atoms with Crippen molar-refractivity contribution in [2.24, 2.45) is 0 Å². The molecule has 25 heavy (non-hydrogen) atoms. The minimum atomic E-state index is -0.432. The van der Waals surface area contributed by atoms with E-state index < -0.39 is 5.82 Å². The maximum Gasteiger partial charge on any atom is 0.251 e. The third kappa shape index (κ3) is 4.96. The molecule has 0 radical (unpaired) electrons. The summed E-state index contributed by atoms with van der Waals surface area (Å²) in [5.74, 6) is 0.0578. The van der Waals surface area contributed by atoms with Gasteiger partial charge < -0.3 is 10.2 Å². The lowest BCUT2D eigenvalue weighted by atomic mass is 10.2. The number of piperazine rings is 1. The van der Waals surface area contributed by atoms with Crippen molar-refractivity contribution in [3.63, 3.8) is 0 Å². The van der Waals surface area contributed by atoms with Crippen molar-refractivity contribution in [3.05, 3.63) is 52.5 Å². The largest absolute Gasteiger partial charge is 0.351 e. The fourth-order valence-corrected chi connectivity index (χ4v) is 3.21. The van der Waals surface area contributed by atoms with Crippen LogP contribution in [0.25, 0.3) is 0 Å². The molecule has 1 aromatic carbocycles. The molecule has 2 aromatic rings. The summed E-state index contributed by atoms with van der Waals surface area (Å²) in [7, 11) is 0. The lowest BCUT2D eigenvalue weighted by Crippen LogP contribution is -2.49. The van der Waals surface area contributed by atoms with Crippen molar-refractivity contribution in [3.8, 4) is 0 Å².